The molecule has 15 heteroatoms. The van der Waals surface area contributed by atoms with Gasteiger partial charge >= 0.3 is 12.2 Å². The molecule has 0 radical (unpaired) electrons. The number of alkyl carbamates (subject to hydrolysis) is 2. The number of hydrogen-bond donors (Lipinski definition) is 4. The minimum atomic E-state index is -1.10. The van der Waals surface area contributed by atoms with Crippen LogP contribution in [0.1, 0.15) is 121 Å². The van der Waals surface area contributed by atoms with Gasteiger partial charge in [-0.25, -0.2) is 19.6 Å². The van der Waals surface area contributed by atoms with Crippen LogP contribution >= 0.6 is 0 Å². The summed E-state index contributed by atoms with van der Waals surface area (Å²) in [6.45, 7) is 7.98. The summed E-state index contributed by atoms with van der Waals surface area (Å²) in [4.78, 5) is 74.2. The van der Waals surface area contributed by atoms with Gasteiger partial charge in [0.2, 0.25) is 11.8 Å². The minimum absolute atomic E-state index is 0.0818. The van der Waals surface area contributed by atoms with E-state index in [2.05, 4.69) is 69.1 Å². The van der Waals surface area contributed by atoms with Gasteiger partial charge < -0.3 is 44.6 Å². The highest BCUT2D eigenvalue weighted by atomic mass is 16.5. The number of ether oxygens (including phenoxy) is 3. The van der Waals surface area contributed by atoms with Crippen molar-refractivity contribution in [2.24, 2.45) is 16.7 Å². The average Bonchev–Trinajstić information content (AvgIpc) is 3.91. The SMILES string of the molecule is COC(=O)N[C@H](C(=O)N1CC2(CC2)C[C@H]1c1ncc(-c2ccc(-c3ccc(-c4nc5[nH]c4COCCCCCC[C@@](C)(NC(=O)OC)C(=O)N4CC6(CC6)C[C@@H]54)cc3)cc2)[nH]1)C(C)C. The van der Waals surface area contributed by atoms with Crippen LogP contribution in [0.15, 0.2) is 54.7 Å². The molecule has 4 amide bonds. The Bertz CT molecular complexity index is 2370. The van der Waals surface area contributed by atoms with Crippen molar-refractivity contribution in [1.82, 2.24) is 40.4 Å². The predicted octanol–water partition coefficient (Wildman–Crippen LogP) is 8.22. The van der Waals surface area contributed by atoms with Crippen LogP contribution in [0.5, 0.6) is 0 Å². The Morgan fingerprint density at radius 1 is 0.781 bits per heavy atom. The fraction of sp³-hybridized carbons (Fsp3) is 0.551. The third-order valence-corrected chi connectivity index (χ3v) is 14.6. The summed E-state index contributed by atoms with van der Waals surface area (Å²) in [5.41, 5.74) is 5.71. The number of imidazole rings is 2. The van der Waals surface area contributed by atoms with Crippen molar-refractivity contribution in [2.45, 2.75) is 122 Å². The number of methoxy groups -OCH3 is 2. The largest absolute Gasteiger partial charge is 0.453 e. The van der Waals surface area contributed by atoms with E-state index in [0.717, 1.165) is 115 Å². The summed E-state index contributed by atoms with van der Waals surface area (Å²) < 4.78 is 16.0. The lowest BCUT2D eigenvalue weighted by Crippen LogP contribution is -2.57. The van der Waals surface area contributed by atoms with E-state index in [0.29, 0.717) is 32.7 Å². The number of benzene rings is 2. The number of amides is 4. The fourth-order valence-electron chi connectivity index (χ4n) is 10.3. The van der Waals surface area contributed by atoms with Gasteiger partial charge in [-0.2, -0.15) is 0 Å². The molecule has 2 bridgehead atoms. The molecule has 4 fully saturated rings. The van der Waals surface area contributed by atoms with Gasteiger partial charge in [0.05, 0.1) is 56.2 Å². The molecule has 4 N–H and O–H groups in total. The van der Waals surface area contributed by atoms with Crippen molar-refractivity contribution in [3.63, 3.8) is 0 Å². The highest BCUT2D eigenvalue weighted by molar-refractivity contribution is 5.90. The van der Waals surface area contributed by atoms with Crippen LogP contribution in [0.4, 0.5) is 9.59 Å². The highest BCUT2D eigenvalue weighted by Crippen LogP contribution is 2.59. The lowest BCUT2D eigenvalue weighted by Gasteiger charge is -2.35. The number of likely N-dealkylation sites (tertiary alicyclic amines) is 1. The topological polar surface area (TPSA) is 184 Å². The maximum Gasteiger partial charge on any atom is 0.407 e. The second-order valence-electron chi connectivity index (χ2n) is 19.6. The summed E-state index contributed by atoms with van der Waals surface area (Å²) in [7, 11) is 2.64. The lowest BCUT2D eigenvalue weighted by atomic mass is 9.92. The highest BCUT2D eigenvalue weighted by Gasteiger charge is 2.57. The Balaban J connectivity index is 0.932. The van der Waals surface area contributed by atoms with Crippen molar-refractivity contribution < 1.29 is 33.4 Å². The monoisotopic (exact) mass is 874 g/mol. The first-order valence-electron chi connectivity index (χ1n) is 23.1. The zero-order chi connectivity index (χ0) is 44.8. The molecule has 5 heterocycles. The Morgan fingerprint density at radius 3 is 2.06 bits per heavy atom. The van der Waals surface area contributed by atoms with E-state index in [1.54, 1.807) is 0 Å². The molecule has 2 saturated heterocycles. The zero-order valence-electron chi connectivity index (χ0n) is 37.8. The van der Waals surface area contributed by atoms with E-state index in [4.69, 9.17) is 24.2 Å². The molecule has 3 aliphatic heterocycles. The summed E-state index contributed by atoms with van der Waals surface area (Å²) in [5.74, 6) is 1.18. The number of fused-ring (bicyclic) bond motifs is 4. The second-order valence-corrected chi connectivity index (χ2v) is 19.6. The van der Waals surface area contributed by atoms with Crippen LogP contribution in [0.2, 0.25) is 0 Å². The van der Waals surface area contributed by atoms with Crippen LogP contribution < -0.4 is 10.6 Å². The molecular formula is C49H62N8O7. The average molecular weight is 875 g/mol. The lowest BCUT2D eigenvalue weighted by molar-refractivity contribution is -0.139. The summed E-state index contributed by atoms with van der Waals surface area (Å²) in [5, 5.41) is 5.66. The number of carbonyl (C=O) groups excluding carboxylic acids is 4. The molecule has 4 aromatic rings. The fourth-order valence-corrected chi connectivity index (χ4v) is 10.3. The Hall–Kier alpha value is -5.70. The van der Waals surface area contributed by atoms with Crippen molar-refractivity contribution in [3.8, 4) is 33.6 Å². The van der Waals surface area contributed by atoms with Gasteiger partial charge in [0.1, 0.15) is 23.2 Å². The summed E-state index contributed by atoms with van der Waals surface area (Å²) >= 11 is 0. The number of rotatable bonds is 8. The zero-order valence-corrected chi connectivity index (χ0v) is 37.8. The first kappa shape index (κ1) is 43.5. The smallest absolute Gasteiger partial charge is 0.407 e. The van der Waals surface area contributed by atoms with Crippen LogP contribution in [-0.2, 0) is 30.4 Å². The molecule has 2 saturated carbocycles. The van der Waals surface area contributed by atoms with E-state index in [1.165, 1.54) is 14.2 Å². The number of nitrogens with zero attached hydrogens (tertiary/aromatic N) is 4. The van der Waals surface area contributed by atoms with Gasteiger partial charge in [-0.05, 0) is 91.7 Å². The molecule has 2 aromatic carbocycles. The summed E-state index contributed by atoms with van der Waals surface area (Å²) in [6, 6.07) is 15.6. The Morgan fingerprint density at radius 2 is 1.41 bits per heavy atom. The minimum Gasteiger partial charge on any atom is -0.453 e. The second kappa shape index (κ2) is 17.4. The van der Waals surface area contributed by atoms with Gasteiger partial charge in [-0.1, -0.05) is 81.6 Å². The number of aromatic amines is 2. The van der Waals surface area contributed by atoms with Gasteiger partial charge in [0, 0.05) is 25.3 Å². The van der Waals surface area contributed by atoms with E-state index in [9.17, 15) is 19.2 Å². The van der Waals surface area contributed by atoms with Crippen LogP contribution in [-0.4, -0.2) is 99.2 Å². The van der Waals surface area contributed by atoms with Crippen molar-refractivity contribution >= 4 is 24.0 Å². The molecule has 0 unspecified atom stereocenters. The van der Waals surface area contributed by atoms with Gasteiger partial charge in [-0.3, -0.25) is 9.59 Å². The van der Waals surface area contributed by atoms with E-state index in [1.807, 2.05) is 36.8 Å². The molecular weight excluding hydrogens is 813 g/mol. The maximum absolute atomic E-state index is 14.5. The van der Waals surface area contributed by atoms with Gasteiger partial charge in [0.15, 0.2) is 0 Å². The first-order valence-corrected chi connectivity index (χ1v) is 23.1. The number of H-pyrrole nitrogens is 2. The molecule has 2 spiro atoms. The van der Waals surface area contributed by atoms with Crippen LogP contribution in [0.3, 0.4) is 0 Å². The number of nitrogens with one attached hydrogen (secondary N) is 4. The Labute approximate surface area is 374 Å². The predicted molar refractivity (Wildman–Crippen MR) is 239 cm³/mol. The van der Waals surface area contributed by atoms with E-state index >= 15 is 0 Å². The van der Waals surface area contributed by atoms with Crippen molar-refractivity contribution in [3.05, 3.63) is 72.1 Å². The summed E-state index contributed by atoms with van der Waals surface area (Å²) in [6.07, 6.45) is 10.7. The first-order chi connectivity index (χ1) is 30.8. The van der Waals surface area contributed by atoms with Crippen LogP contribution in [0, 0.1) is 16.7 Å². The molecule has 340 valence electrons. The Kier molecular flexibility index (Phi) is 11.8. The van der Waals surface area contributed by atoms with E-state index < -0.39 is 23.8 Å². The molecule has 2 aliphatic carbocycles. The standard InChI is InChI=1S/C49H62N8O7/c1-30(2)39(54-45(60)62-4)43(58)56-28-48(19-20-48)24-37(56)41-50-26-35(51-41)33-14-10-31(11-15-33)32-12-16-34(17-13-32)40-36-27-64-23-9-7-6-8-18-47(3,55-46(61)63-5)44(59)57-29-49(21-22-49)25-38(57)42(52-36)53-40/h10-17,26,30,37-39H,6-9,18-25,27-29H2,1-5H3,(H,50,51)(H,52,53)(H,54,60)(H,55,61)/t37-,38-,39-,47+/m0/s1. The number of hydrogen-bond acceptors (Lipinski definition) is 9. The molecule has 9 rings (SSSR count). The number of carbonyl (C=O) groups is 4. The maximum atomic E-state index is 14.5. The van der Waals surface area contributed by atoms with Crippen molar-refractivity contribution in [1.29, 1.82) is 0 Å². The van der Waals surface area contributed by atoms with Gasteiger partial charge in [0.25, 0.3) is 0 Å². The van der Waals surface area contributed by atoms with Crippen molar-refractivity contribution in [2.75, 3.05) is 33.9 Å². The third kappa shape index (κ3) is 8.75. The number of aromatic nitrogens is 4. The third-order valence-electron chi connectivity index (χ3n) is 14.6. The van der Waals surface area contributed by atoms with E-state index in [-0.39, 0.29) is 40.6 Å². The normalized spacial score (nSPS) is 24.2. The quantitative estimate of drug-likeness (QED) is 0.136. The molecule has 4 atom stereocenters. The molecule has 5 aliphatic rings. The molecule has 64 heavy (non-hydrogen) atoms. The molecule has 2 aromatic heterocycles. The molecule has 15 nitrogen and oxygen atoms in total. The van der Waals surface area contributed by atoms with Gasteiger partial charge in [-0.15, -0.1) is 0 Å². The van der Waals surface area contributed by atoms with Crippen LogP contribution in [0.25, 0.3) is 33.6 Å².